The number of hydrogen-bond acceptors (Lipinski definition) is 2. The molecule has 0 bridgehead atoms. The molecule has 1 fully saturated rings. The predicted molar refractivity (Wildman–Crippen MR) is 33.1 cm³/mol. The molecule has 0 aliphatic carbocycles. The molecule has 0 spiro atoms. The van der Waals surface area contributed by atoms with Crippen LogP contribution in [0.2, 0.25) is 0 Å². The fraction of sp³-hybridized carbons (Fsp3) is 1.00. The van der Waals surface area contributed by atoms with Gasteiger partial charge in [0.1, 0.15) is 0 Å². The second kappa shape index (κ2) is 2.80. The highest BCUT2D eigenvalue weighted by atomic mass is 19.3. The van der Waals surface area contributed by atoms with E-state index >= 15 is 0 Å². The quantitative estimate of drug-likeness (QED) is 0.524. The van der Waals surface area contributed by atoms with Crippen molar-refractivity contribution < 1.29 is 13.9 Å². The Labute approximate surface area is 58.2 Å². The third-order valence-corrected chi connectivity index (χ3v) is 1.61. The van der Waals surface area contributed by atoms with Crippen molar-refractivity contribution in [2.24, 2.45) is 0 Å². The zero-order chi connectivity index (χ0) is 7.61. The van der Waals surface area contributed by atoms with Crippen LogP contribution in [-0.4, -0.2) is 30.2 Å². The van der Waals surface area contributed by atoms with Gasteiger partial charge in [0, 0.05) is 13.0 Å². The first-order valence-corrected chi connectivity index (χ1v) is 3.37. The van der Waals surface area contributed by atoms with E-state index in [1.165, 1.54) is 0 Å². The van der Waals surface area contributed by atoms with E-state index in [0.29, 0.717) is 0 Å². The van der Waals surface area contributed by atoms with Crippen molar-refractivity contribution >= 4 is 0 Å². The molecule has 1 rings (SSSR count). The van der Waals surface area contributed by atoms with Crippen LogP contribution in [0.5, 0.6) is 0 Å². The molecule has 0 aromatic carbocycles. The number of aliphatic hydroxyl groups is 1. The van der Waals surface area contributed by atoms with Crippen molar-refractivity contribution in [3.8, 4) is 0 Å². The molecular weight excluding hydrogens is 140 g/mol. The van der Waals surface area contributed by atoms with Gasteiger partial charge in [-0.15, -0.1) is 0 Å². The maximum atomic E-state index is 12.5. The maximum absolute atomic E-state index is 12.5. The van der Waals surface area contributed by atoms with Crippen LogP contribution in [0.25, 0.3) is 0 Å². The van der Waals surface area contributed by atoms with E-state index in [9.17, 15) is 8.78 Å². The Kier molecular flexibility index (Phi) is 2.21. The van der Waals surface area contributed by atoms with Gasteiger partial charge in [-0.1, -0.05) is 0 Å². The molecule has 10 heavy (non-hydrogen) atoms. The van der Waals surface area contributed by atoms with Gasteiger partial charge in [0.15, 0.2) is 0 Å². The Bertz CT molecular complexity index is 118. The number of hydrogen-bond donors (Lipinski definition) is 2. The van der Waals surface area contributed by atoms with E-state index in [0.717, 1.165) is 0 Å². The summed E-state index contributed by atoms with van der Waals surface area (Å²) in [6, 6.07) is 0. The van der Waals surface area contributed by atoms with E-state index in [-0.39, 0.29) is 25.9 Å². The Morgan fingerprint density at radius 2 is 2.20 bits per heavy atom. The molecule has 1 saturated heterocycles. The van der Waals surface area contributed by atoms with Gasteiger partial charge >= 0.3 is 0 Å². The van der Waals surface area contributed by atoms with Crippen LogP contribution < -0.4 is 5.32 Å². The molecule has 0 aromatic rings. The van der Waals surface area contributed by atoms with Crippen molar-refractivity contribution in [2.75, 3.05) is 13.1 Å². The third-order valence-electron chi connectivity index (χ3n) is 1.61. The number of aliphatic hydroxyl groups excluding tert-OH is 1. The van der Waals surface area contributed by atoms with Crippen LogP contribution in [0.15, 0.2) is 0 Å². The lowest BCUT2D eigenvalue weighted by molar-refractivity contribution is -0.00495. The number of nitrogens with one attached hydrogen (secondary N) is 1. The van der Waals surface area contributed by atoms with Gasteiger partial charge in [-0.25, -0.2) is 8.78 Å². The van der Waals surface area contributed by atoms with E-state index in [4.69, 9.17) is 5.11 Å². The molecule has 1 aliphatic rings. The van der Waals surface area contributed by atoms with Crippen molar-refractivity contribution in [1.82, 2.24) is 5.32 Å². The average Bonchev–Trinajstić information content (AvgIpc) is 1.94. The molecule has 4 heteroatoms. The normalized spacial score (nSPS) is 33.3. The highest BCUT2D eigenvalue weighted by Crippen LogP contribution is 2.22. The summed E-state index contributed by atoms with van der Waals surface area (Å²) >= 11 is 0. The zero-order valence-corrected chi connectivity index (χ0v) is 5.61. The summed E-state index contributed by atoms with van der Waals surface area (Å²) in [4.78, 5) is 0. The van der Waals surface area contributed by atoms with Crippen LogP contribution in [0.4, 0.5) is 8.78 Å². The summed E-state index contributed by atoms with van der Waals surface area (Å²) in [6.07, 6.45) is -0.616. The number of alkyl halides is 2. The Balaban J connectivity index is 2.41. The van der Waals surface area contributed by atoms with Crippen molar-refractivity contribution in [3.63, 3.8) is 0 Å². The van der Waals surface area contributed by atoms with Crippen molar-refractivity contribution in [3.05, 3.63) is 0 Å². The standard InChI is InChI=1S/C6H11F2NO/c7-6(8)2-1-5(10)3-9-4-6/h5,9-10H,1-4H2/t5-/m0/s1. The minimum atomic E-state index is -2.63. The largest absolute Gasteiger partial charge is 0.392 e. The van der Waals surface area contributed by atoms with E-state index in [1.807, 2.05) is 0 Å². The van der Waals surface area contributed by atoms with Crippen LogP contribution in [0.3, 0.4) is 0 Å². The van der Waals surface area contributed by atoms with Crippen LogP contribution in [-0.2, 0) is 0 Å². The Morgan fingerprint density at radius 1 is 1.50 bits per heavy atom. The molecule has 1 atom stereocenters. The molecule has 0 amide bonds. The lowest BCUT2D eigenvalue weighted by atomic mass is 10.1. The highest BCUT2D eigenvalue weighted by molar-refractivity contribution is 4.77. The fourth-order valence-corrected chi connectivity index (χ4v) is 0.990. The van der Waals surface area contributed by atoms with Gasteiger partial charge in [0.05, 0.1) is 12.6 Å². The molecule has 1 heterocycles. The van der Waals surface area contributed by atoms with Gasteiger partial charge in [0.2, 0.25) is 0 Å². The second-order valence-corrected chi connectivity index (χ2v) is 2.68. The number of halogens is 2. The summed E-state index contributed by atoms with van der Waals surface area (Å²) in [7, 11) is 0. The average molecular weight is 151 g/mol. The SMILES string of the molecule is O[C@H]1CCC(F)(F)CNC1. The van der Waals surface area contributed by atoms with Crippen LogP contribution in [0, 0.1) is 0 Å². The van der Waals surface area contributed by atoms with Gasteiger partial charge in [-0.05, 0) is 6.42 Å². The fourth-order valence-electron chi connectivity index (χ4n) is 0.990. The summed E-state index contributed by atoms with van der Waals surface area (Å²) in [6.45, 7) is -0.0142. The van der Waals surface area contributed by atoms with E-state index in [1.54, 1.807) is 0 Å². The van der Waals surface area contributed by atoms with Gasteiger partial charge in [0.25, 0.3) is 5.92 Å². The molecule has 60 valence electrons. The minimum Gasteiger partial charge on any atom is -0.392 e. The van der Waals surface area contributed by atoms with E-state index < -0.39 is 12.0 Å². The topological polar surface area (TPSA) is 32.3 Å². The molecule has 0 saturated carbocycles. The number of β-amino-alcohol motifs (C(OH)–C–C–N with tert-alkyl or cyclic N) is 1. The Morgan fingerprint density at radius 3 is 2.90 bits per heavy atom. The summed E-state index contributed by atoms with van der Waals surface area (Å²) < 4.78 is 24.9. The van der Waals surface area contributed by atoms with Gasteiger partial charge in [-0.2, -0.15) is 0 Å². The summed E-state index contributed by atoms with van der Waals surface area (Å²) in [5, 5.41) is 11.4. The molecule has 0 unspecified atom stereocenters. The van der Waals surface area contributed by atoms with Gasteiger partial charge < -0.3 is 10.4 Å². The molecule has 1 aliphatic heterocycles. The first-order valence-electron chi connectivity index (χ1n) is 3.37. The second-order valence-electron chi connectivity index (χ2n) is 2.68. The molecule has 2 nitrogen and oxygen atoms in total. The first kappa shape index (κ1) is 7.88. The zero-order valence-electron chi connectivity index (χ0n) is 5.61. The van der Waals surface area contributed by atoms with Crippen molar-refractivity contribution in [2.45, 2.75) is 24.9 Å². The summed E-state index contributed by atoms with van der Waals surface area (Å²) in [5.74, 6) is -2.63. The molecule has 0 aromatic heterocycles. The highest BCUT2D eigenvalue weighted by Gasteiger charge is 2.31. The lowest BCUT2D eigenvalue weighted by Crippen LogP contribution is -2.31. The van der Waals surface area contributed by atoms with Crippen LogP contribution >= 0.6 is 0 Å². The third kappa shape index (κ3) is 2.19. The molecular formula is C6H11F2NO. The predicted octanol–water partition coefficient (Wildman–Crippen LogP) is 0.366. The maximum Gasteiger partial charge on any atom is 0.260 e. The first-order chi connectivity index (χ1) is 4.60. The lowest BCUT2D eigenvalue weighted by Gasteiger charge is -2.11. The molecule has 2 N–H and O–H groups in total. The monoisotopic (exact) mass is 151 g/mol. The van der Waals surface area contributed by atoms with Crippen LogP contribution in [0.1, 0.15) is 12.8 Å². The Hall–Kier alpha value is -0.220. The summed E-state index contributed by atoms with van der Waals surface area (Å²) in [5.41, 5.74) is 0. The van der Waals surface area contributed by atoms with Crippen molar-refractivity contribution in [1.29, 1.82) is 0 Å². The smallest absolute Gasteiger partial charge is 0.260 e. The van der Waals surface area contributed by atoms with Gasteiger partial charge in [-0.3, -0.25) is 0 Å². The minimum absolute atomic E-state index is 0.194. The molecule has 0 radical (unpaired) electrons. The van der Waals surface area contributed by atoms with E-state index in [2.05, 4.69) is 5.32 Å². The number of rotatable bonds is 0.